The van der Waals surface area contributed by atoms with Gasteiger partial charge in [-0.15, -0.1) is 11.3 Å². The van der Waals surface area contributed by atoms with E-state index >= 15 is 0 Å². The lowest BCUT2D eigenvalue weighted by atomic mass is 9.91. The SMILES string of the molecule is CC(C)(CNCc1ccc(F)cc1)c1cccs1. The van der Waals surface area contributed by atoms with Crippen LogP contribution in [0.4, 0.5) is 4.39 Å². The minimum Gasteiger partial charge on any atom is -0.312 e. The van der Waals surface area contributed by atoms with Gasteiger partial charge in [-0.1, -0.05) is 32.0 Å². The Morgan fingerprint density at radius 3 is 2.50 bits per heavy atom. The van der Waals surface area contributed by atoms with Gasteiger partial charge in [0.1, 0.15) is 5.82 Å². The standard InChI is InChI=1S/C15H18FNS/c1-15(2,14-4-3-9-18-14)11-17-10-12-5-7-13(16)8-6-12/h3-9,17H,10-11H2,1-2H3. The second-order valence-corrected chi connectivity index (χ2v) is 6.04. The summed E-state index contributed by atoms with van der Waals surface area (Å²) in [5, 5.41) is 5.54. The van der Waals surface area contributed by atoms with Gasteiger partial charge in [0.2, 0.25) is 0 Å². The van der Waals surface area contributed by atoms with Crippen molar-refractivity contribution >= 4 is 11.3 Å². The molecular formula is C15H18FNS. The maximum Gasteiger partial charge on any atom is 0.123 e. The maximum absolute atomic E-state index is 12.8. The Bertz CT molecular complexity index is 474. The number of rotatable bonds is 5. The molecule has 18 heavy (non-hydrogen) atoms. The van der Waals surface area contributed by atoms with Crippen molar-refractivity contribution in [1.82, 2.24) is 5.32 Å². The van der Waals surface area contributed by atoms with Crippen LogP contribution in [0.3, 0.4) is 0 Å². The molecule has 3 heteroatoms. The third-order valence-corrected chi connectivity index (χ3v) is 4.23. The van der Waals surface area contributed by atoms with E-state index in [1.54, 1.807) is 11.3 Å². The summed E-state index contributed by atoms with van der Waals surface area (Å²) in [6.45, 7) is 6.15. The number of hydrogen-bond donors (Lipinski definition) is 1. The van der Waals surface area contributed by atoms with E-state index in [0.717, 1.165) is 18.7 Å². The molecule has 0 amide bonds. The zero-order valence-electron chi connectivity index (χ0n) is 10.7. The van der Waals surface area contributed by atoms with Crippen molar-refractivity contribution in [3.8, 4) is 0 Å². The molecule has 1 N–H and O–H groups in total. The maximum atomic E-state index is 12.8. The molecule has 1 aromatic heterocycles. The fourth-order valence-electron chi connectivity index (χ4n) is 1.87. The summed E-state index contributed by atoms with van der Waals surface area (Å²) in [5.41, 5.74) is 1.24. The molecule has 96 valence electrons. The molecule has 0 saturated heterocycles. The molecule has 0 bridgehead atoms. The predicted molar refractivity (Wildman–Crippen MR) is 75.5 cm³/mol. The van der Waals surface area contributed by atoms with Crippen LogP contribution < -0.4 is 5.32 Å². The fourth-order valence-corrected chi connectivity index (χ4v) is 2.72. The lowest BCUT2D eigenvalue weighted by Gasteiger charge is -2.23. The van der Waals surface area contributed by atoms with E-state index < -0.39 is 0 Å². The molecule has 1 heterocycles. The van der Waals surface area contributed by atoms with E-state index in [4.69, 9.17) is 0 Å². The smallest absolute Gasteiger partial charge is 0.123 e. The van der Waals surface area contributed by atoms with Gasteiger partial charge < -0.3 is 5.32 Å². The first-order valence-corrected chi connectivity index (χ1v) is 6.95. The number of thiophene rings is 1. The van der Waals surface area contributed by atoms with Gasteiger partial charge in [0, 0.05) is 23.4 Å². The largest absolute Gasteiger partial charge is 0.312 e. The summed E-state index contributed by atoms with van der Waals surface area (Å²) in [4.78, 5) is 1.38. The van der Waals surface area contributed by atoms with Gasteiger partial charge in [0.05, 0.1) is 0 Å². The van der Waals surface area contributed by atoms with E-state index in [9.17, 15) is 4.39 Å². The van der Waals surface area contributed by atoms with Gasteiger partial charge in [0.15, 0.2) is 0 Å². The van der Waals surface area contributed by atoms with Crippen LogP contribution in [0.2, 0.25) is 0 Å². The molecule has 1 nitrogen and oxygen atoms in total. The van der Waals surface area contributed by atoms with Crippen LogP contribution >= 0.6 is 11.3 Å². The minimum absolute atomic E-state index is 0.133. The molecule has 0 unspecified atom stereocenters. The zero-order valence-corrected chi connectivity index (χ0v) is 11.6. The van der Waals surface area contributed by atoms with E-state index in [0.29, 0.717) is 0 Å². The van der Waals surface area contributed by atoms with Gasteiger partial charge in [-0.25, -0.2) is 4.39 Å². The Labute approximate surface area is 112 Å². The molecule has 0 aliphatic rings. The molecule has 2 aromatic rings. The molecule has 0 saturated carbocycles. The molecule has 0 fully saturated rings. The first kappa shape index (κ1) is 13.2. The molecule has 0 atom stereocenters. The van der Waals surface area contributed by atoms with Crippen LogP contribution in [0, 0.1) is 5.82 Å². The predicted octanol–water partition coefficient (Wildman–Crippen LogP) is 3.95. The molecule has 0 aliphatic carbocycles. The topological polar surface area (TPSA) is 12.0 Å². The molecule has 2 rings (SSSR count). The Morgan fingerprint density at radius 1 is 1.17 bits per heavy atom. The highest BCUT2D eigenvalue weighted by Gasteiger charge is 2.20. The normalized spacial score (nSPS) is 11.7. The molecule has 1 aromatic carbocycles. The summed E-state index contributed by atoms with van der Waals surface area (Å²) >= 11 is 1.79. The summed E-state index contributed by atoms with van der Waals surface area (Å²) in [5.74, 6) is -0.183. The minimum atomic E-state index is -0.183. The zero-order chi connectivity index (χ0) is 13.0. The molecular weight excluding hydrogens is 245 g/mol. The molecule has 0 spiro atoms. The third-order valence-electron chi connectivity index (χ3n) is 3.00. The second-order valence-electron chi connectivity index (χ2n) is 5.09. The second kappa shape index (κ2) is 5.63. The summed E-state index contributed by atoms with van der Waals surface area (Å²) in [6, 6.07) is 10.9. The van der Waals surface area contributed by atoms with Crippen molar-refractivity contribution < 1.29 is 4.39 Å². The first-order valence-electron chi connectivity index (χ1n) is 6.07. The van der Waals surface area contributed by atoms with E-state index in [1.165, 1.54) is 17.0 Å². The van der Waals surface area contributed by atoms with Gasteiger partial charge in [-0.05, 0) is 29.1 Å². The Hall–Kier alpha value is -1.19. The Kier molecular flexibility index (Phi) is 4.15. The first-order chi connectivity index (χ1) is 8.58. The van der Waals surface area contributed by atoms with Crippen LogP contribution in [-0.2, 0) is 12.0 Å². The Morgan fingerprint density at radius 2 is 1.89 bits per heavy atom. The van der Waals surface area contributed by atoms with Crippen molar-refractivity contribution in [2.45, 2.75) is 25.8 Å². The van der Waals surface area contributed by atoms with E-state index in [-0.39, 0.29) is 11.2 Å². The summed E-state index contributed by atoms with van der Waals surface area (Å²) in [6.07, 6.45) is 0. The van der Waals surface area contributed by atoms with Crippen LogP contribution in [0.1, 0.15) is 24.3 Å². The van der Waals surface area contributed by atoms with Crippen molar-refractivity contribution in [1.29, 1.82) is 0 Å². The average molecular weight is 263 g/mol. The fraction of sp³-hybridized carbons (Fsp3) is 0.333. The molecule has 0 aliphatic heterocycles. The van der Waals surface area contributed by atoms with Crippen LogP contribution in [0.5, 0.6) is 0 Å². The Balaban J connectivity index is 1.87. The summed E-state index contributed by atoms with van der Waals surface area (Å²) < 4.78 is 12.8. The lowest BCUT2D eigenvalue weighted by molar-refractivity contribution is 0.476. The molecule has 0 radical (unpaired) electrons. The number of hydrogen-bond acceptors (Lipinski definition) is 2. The van der Waals surface area contributed by atoms with Crippen molar-refractivity contribution in [2.24, 2.45) is 0 Å². The monoisotopic (exact) mass is 263 g/mol. The van der Waals surface area contributed by atoms with Crippen molar-refractivity contribution in [3.63, 3.8) is 0 Å². The highest BCUT2D eigenvalue weighted by atomic mass is 32.1. The van der Waals surface area contributed by atoms with Gasteiger partial charge in [-0.2, -0.15) is 0 Å². The number of nitrogens with one attached hydrogen (secondary N) is 1. The van der Waals surface area contributed by atoms with Gasteiger partial charge in [-0.3, -0.25) is 0 Å². The van der Waals surface area contributed by atoms with Gasteiger partial charge >= 0.3 is 0 Å². The van der Waals surface area contributed by atoms with Crippen molar-refractivity contribution in [2.75, 3.05) is 6.54 Å². The average Bonchev–Trinajstić information content (AvgIpc) is 2.86. The van der Waals surface area contributed by atoms with E-state index in [2.05, 4.69) is 36.7 Å². The van der Waals surface area contributed by atoms with Gasteiger partial charge in [0.25, 0.3) is 0 Å². The van der Waals surface area contributed by atoms with E-state index in [1.807, 2.05) is 12.1 Å². The quantitative estimate of drug-likeness (QED) is 0.861. The van der Waals surface area contributed by atoms with Crippen LogP contribution in [0.25, 0.3) is 0 Å². The van der Waals surface area contributed by atoms with Crippen LogP contribution in [0.15, 0.2) is 41.8 Å². The number of halogens is 1. The highest BCUT2D eigenvalue weighted by molar-refractivity contribution is 7.10. The van der Waals surface area contributed by atoms with Crippen LogP contribution in [-0.4, -0.2) is 6.54 Å². The van der Waals surface area contributed by atoms with Crippen molar-refractivity contribution in [3.05, 3.63) is 58.0 Å². The lowest BCUT2D eigenvalue weighted by Crippen LogP contribution is -2.31. The third kappa shape index (κ3) is 3.40. The summed E-state index contributed by atoms with van der Waals surface area (Å²) in [7, 11) is 0. The highest BCUT2D eigenvalue weighted by Crippen LogP contribution is 2.26. The number of benzene rings is 1.